The highest BCUT2D eigenvalue weighted by Crippen LogP contribution is 2.25. The molecule has 0 aliphatic rings. The number of nitrogens with zero attached hydrogens (tertiary/aromatic N) is 3. The van der Waals surface area contributed by atoms with E-state index in [0.29, 0.717) is 21.7 Å². The molecule has 106 valence electrons. The Morgan fingerprint density at radius 2 is 2.15 bits per heavy atom. The third-order valence-electron chi connectivity index (χ3n) is 2.69. The first-order valence-corrected chi connectivity index (χ1v) is 7.08. The number of aryl methyl sites for hydroxylation is 1. The Morgan fingerprint density at radius 1 is 1.40 bits per heavy atom. The number of halogens is 2. The van der Waals surface area contributed by atoms with Crippen molar-refractivity contribution in [1.29, 1.82) is 0 Å². The van der Waals surface area contributed by atoms with Gasteiger partial charge in [-0.2, -0.15) is 5.10 Å². The Bertz CT molecular complexity index is 627. The van der Waals surface area contributed by atoms with Crippen LogP contribution in [0.15, 0.2) is 30.5 Å². The fraction of sp³-hybridized carbons (Fsp3) is 0.231. The lowest BCUT2D eigenvalue weighted by Gasteiger charge is -2.20. The first-order chi connectivity index (χ1) is 9.45. The van der Waals surface area contributed by atoms with Crippen molar-refractivity contribution >= 4 is 46.2 Å². The molecule has 0 aliphatic heterocycles. The highest BCUT2D eigenvalue weighted by molar-refractivity contribution is 7.80. The average Bonchev–Trinajstić information content (AvgIpc) is 2.78. The van der Waals surface area contributed by atoms with E-state index in [0.717, 1.165) is 11.4 Å². The van der Waals surface area contributed by atoms with Gasteiger partial charge in [0.2, 0.25) is 0 Å². The summed E-state index contributed by atoms with van der Waals surface area (Å²) >= 11 is 17.3. The highest BCUT2D eigenvalue weighted by atomic mass is 35.5. The van der Waals surface area contributed by atoms with Crippen molar-refractivity contribution in [2.24, 2.45) is 7.05 Å². The molecule has 1 N–H and O–H groups in total. The Morgan fingerprint density at radius 3 is 2.75 bits per heavy atom. The molecular weight excluding hydrogens is 315 g/mol. The maximum absolute atomic E-state index is 6.10. The van der Waals surface area contributed by atoms with Gasteiger partial charge in [0, 0.05) is 25.3 Å². The van der Waals surface area contributed by atoms with Crippen molar-refractivity contribution in [3.05, 3.63) is 46.2 Å². The predicted octanol–water partition coefficient (Wildman–Crippen LogP) is 3.56. The first kappa shape index (κ1) is 15.1. The van der Waals surface area contributed by atoms with Crippen molar-refractivity contribution in [3.8, 4) is 0 Å². The SMILES string of the molecule is CN(Cc1ccn(C)n1)C(=S)Nc1ccc(Cl)cc1Cl. The molecule has 0 aliphatic carbocycles. The maximum atomic E-state index is 6.10. The fourth-order valence-corrected chi connectivity index (χ4v) is 2.29. The molecule has 0 unspecified atom stereocenters. The van der Waals surface area contributed by atoms with E-state index in [-0.39, 0.29) is 0 Å². The van der Waals surface area contributed by atoms with E-state index in [1.807, 2.05) is 31.3 Å². The quantitative estimate of drug-likeness (QED) is 0.873. The monoisotopic (exact) mass is 328 g/mol. The minimum Gasteiger partial charge on any atom is -0.346 e. The fourth-order valence-electron chi connectivity index (χ4n) is 1.66. The zero-order valence-electron chi connectivity index (χ0n) is 11.1. The molecule has 0 bridgehead atoms. The van der Waals surface area contributed by atoms with Crippen molar-refractivity contribution in [1.82, 2.24) is 14.7 Å². The normalized spacial score (nSPS) is 10.4. The lowest BCUT2D eigenvalue weighted by Crippen LogP contribution is -2.30. The van der Waals surface area contributed by atoms with E-state index in [4.69, 9.17) is 35.4 Å². The summed E-state index contributed by atoms with van der Waals surface area (Å²) in [5, 5.41) is 9.10. The Kier molecular flexibility index (Phi) is 4.86. The van der Waals surface area contributed by atoms with Crippen LogP contribution in [0.4, 0.5) is 5.69 Å². The standard InChI is InChI=1S/C13H14Cl2N4S/c1-18(8-10-5-6-19(2)17-10)13(20)16-12-4-3-9(14)7-11(12)15/h3-7H,8H2,1-2H3,(H,16,20). The van der Waals surface area contributed by atoms with Gasteiger partial charge < -0.3 is 10.2 Å². The predicted molar refractivity (Wildman–Crippen MR) is 87.4 cm³/mol. The lowest BCUT2D eigenvalue weighted by molar-refractivity contribution is 0.495. The van der Waals surface area contributed by atoms with Crippen LogP contribution in [-0.2, 0) is 13.6 Å². The number of anilines is 1. The summed E-state index contributed by atoms with van der Waals surface area (Å²) in [5.74, 6) is 0. The van der Waals surface area contributed by atoms with Gasteiger partial charge in [-0.25, -0.2) is 0 Å². The summed E-state index contributed by atoms with van der Waals surface area (Å²) in [7, 11) is 3.78. The van der Waals surface area contributed by atoms with Gasteiger partial charge in [0.05, 0.1) is 22.9 Å². The molecule has 2 aromatic rings. The molecule has 2 rings (SSSR count). The van der Waals surface area contributed by atoms with Gasteiger partial charge in [-0.05, 0) is 36.5 Å². The minimum absolute atomic E-state index is 0.533. The minimum atomic E-state index is 0.533. The second kappa shape index (κ2) is 6.43. The van der Waals surface area contributed by atoms with Gasteiger partial charge in [-0.3, -0.25) is 4.68 Å². The number of rotatable bonds is 3. The summed E-state index contributed by atoms with van der Waals surface area (Å²) in [4.78, 5) is 1.89. The number of hydrogen-bond acceptors (Lipinski definition) is 2. The molecular formula is C13H14Cl2N4S. The molecule has 1 heterocycles. The van der Waals surface area contributed by atoms with Crippen molar-refractivity contribution in [2.45, 2.75) is 6.54 Å². The Hall–Kier alpha value is -1.30. The molecule has 0 spiro atoms. The highest BCUT2D eigenvalue weighted by Gasteiger charge is 2.09. The van der Waals surface area contributed by atoms with E-state index >= 15 is 0 Å². The van der Waals surface area contributed by atoms with Gasteiger partial charge in [0.15, 0.2) is 5.11 Å². The summed E-state index contributed by atoms with van der Waals surface area (Å²) in [6.45, 7) is 0.623. The van der Waals surface area contributed by atoms with E-state index in [9.17, 15) is 0 Å². The van der Waals surface area contributed by atoms with Gasteiger partial charge in [-0.1, -0.05) is 23.2 Å². The smallest absolute Gasteiger partial charge is 0.173 e. The van der Waals surface area contributed by atoms with Crippen molar-refractivity contribution < 1.29 is 0 Å². The van der Waals surface area contributed by atoms with Gasteiger partial charge in [0.25, 0.3) is 0 Å². The number of thiocarbonyl (C=S) groups is 1. The van der Waals surface area contributed by atoms with Crippen molar-refractivity contribution in [3.63, 3.8) is 0 Å². The number of hydrogen-bond donors (Lipinski definition) is 1. The van der Waals surface area contributed by atoms with E-state index in [1.54, 1.807) is 22.9 Å². The average molecular weight is 329 g/mol. The van der Waals surface area contributed by atoms with E-state index in [1.165, 1.54) is 0 Å². The molecule has 1 aromatic carbocycles. The third kappa shape index (κ3) is 3.85. The number of aromatic nitrogens is 2. The second-order valence-electron chi connectivity index (χ2n) is 4.39. The lowest BCUT2D eigenvalue weighted by atomic mass is 10.3. The van der Waals surface area contributed by atoms with Crippen LogP contribution in [0.1, 0.15) is 5.69 Å². The van der Waals surface area contributed by atoms with Crippen LogP contribution in [0, 0.1) is 0 Å². The maximum Gasteiger partial charge on any atom is 0.173 e. The summed E-state index contributed by atoms with van der Waals surface area (Å²) in [5.41, 5.74) is 1.68. The Balaban J connectivity index is 2.00. The zero-order valence-corrected chi connectivity index (χ0v) is 13.4. The summed E-state index contributed by atoms with van der Waals surface area (Å²) in [6, 6.07) is 7.18. The molecule has 4 nitrogen and oxygen atoms in total. The number of benzene rings is 1. The van der Waals surface area contributed by atoms with Crippen LogP contribution in [0.5, 0.6) is 0 Å². The first-order valence-electron chi connectivity index (χ1n) is 5.91. The Labute approximate surface area is 133 Å². The molecule has 7 heteroatoms. The van der Waals surface area contributed by atoms with Crippen LogP contribution in [0.2, 0.25) is 10.0 Å². The molecule has 0 saturated carbocycles. The molecule has 0 radical (unpaired) electrons. The topological polar surface area (TPSA) is 33.1 Å². The van der Waals surface area contributed by atoms with E-state index in [2.05, 4.69) is 10.4 Å². The molecule has 0 atom stereocenters. The molecule has 1 aromatic heterocycles. The van der Waals surface area contributed by atoms with Crippen LogP contribution in [0.3, 0.4) is 0 Å². The third-order valence-corrected chi connectivity index (χ3v) is 3.65. The zero-order chi connectivity index (χ0) is 14.7. The summed E-state index contributed by atoms with van der Waals surface area (Å²) < 4.78 is 1.76. The van der Waals surface area contributed by atoms with Crippen molar-refractivity contribution in [2.75, 3.05) is 12.4 Å². The molecule has 20 heavy (non-hydrogen) atoms. The van der Waals surface area contributed by atoms with E-state index < -0.39 is 0 Å². The molecule has 0 amide bonds. The summed E-state index contributed by atoms with van der Waals surface area (Å²) in [6.07, 6.45) is 1.90. The van der Waals surface area contributed by atoms with Gasteiger partial charge in [-0.15, -0.1) is 0 Å². The van der Waals surface area contributed by atoms with Gasteiger partial charge >= 0.3 is 0 Å². The molecule has 0 saturated heterocycles. The van der Waals surface area contributed by atoms with Crippen LogP contribution in [-0.4, -0.2) is 26.8 Å². The van der Waals surface area contributed by atoms with Crippen LogP contribution < -0.4 is 5.32 Å². The van der Waals surface area contributed by atoms with Crippen LogP contribution >= 0.6 is 35.4 Å². The molecule has 0 fully saturated rings. The largest absolute Gasteiger partial charge is 0.346 e. The number of nitrogens with one attached hydrogen (secondary N) is 1. The second-order valence-corrected chi connectivity index (χ2v) is 5.62. The van der Waals surface area contributed by atoms with Gasteiger partial charge in [0.1, 0.15) is 0 Å². The van der Waals surface area contributed by atoms with Crippen LogP contribution in [0.25, 0.3) is 0 Å².